The second-order valence-electron chi connectivity index (χ2n) is 10.3. The van der Waals surface area contributed by atoms with Crippen LogP contribution in [0.2, 0.25) is 0 Å². The van der Waals surface area contributed by atoms with E-state index in [2.05, 4.69) is 16.0 Å². The van der Waals surface area contributed by atoms with Crippen molar-refractivity contribution >= 4 is 23.7 Å². The Hall–Kier alpha value is -4.00. The Morgan fingerprint density at radius 1 is 0.643 bits per heavy atom. The number of benzene rings is 2. The molecule has 0 heterocycles. The summed E-state index contributed by atoms with van der Waals surface area (Å²) in [7, 11) is 0. The molecule has 2 rings (SSSR count). The maximum Gasteiger partial charge on any atom is 0.326 e. The van der Waals surface area contributed by atoms with Crippen molar-refractivity contribution in [3.05, 3.63) is 65.7 Å². The minimum atomic E-state index is -1.21. The zero-order chi connectivity index (χ0) is 30.9. The van der Waals surface area contributed by atoms with E-state index in [9.17, 15) is 29.4 Å². The van der Waals surface area contributed by atoms with E-state index in [0.717, 1.165) is 5.56 Å². The van der Waals surface area contributed by atoms with Crippen LogP contribution in [0.15, 0.2) is 54.6 Å². The van der Waals surface area contributed by atoms with E-state index >= 15 is 0 Å². The van der Waals surface area contributed by atoms with Crippen molar-refractivity contribution in [2.45, 2.75) is 75.5 Å². The van der Waals surface area contributed by atoms with Crippen molar-refractivity contribution in [2.75, 3.05) is 13.1 Å². The van der Waals surface area contributed by atoms with Crippen LogP contribution in [0.1, 0.15) is 49.7 Å². The second kappa shape index (κ2) is 18.4. The summed E-state index contributed by atoms with van der Waals surface area (Å²) in [6.45, 7) is 0.859. The normalized spacial score (nSPS) is 13.8. The lowest BCUT2D eigenvalue weighted by atomic mass is 10.0. The predicted octanol–water partition coefficient (Wildman–Crippen LogP) is 0.302. The molecule has 0 radical (unpaired) electrons. The van der Waals surface area contributed by atoms with Crippen LogP contribution in [-0.2, 0) is 32.0 Å². The Balaban J connectivity index is 2.21. The minimum Gasteiger partial charge on any atom is -0.508 e. The predicted molar refractivity (Wildman–Crippen MR) is 159 cm³/mol. The Morgan fingerprint density at radius 3 is 1.74 bits per heavy atom. The molecule has 0 aliphatic rings. The molecule has 2 aromatic rings. The van der Waals surface area contributed by atoms with Crippen molar-refractivity contribution in [1.82, 2.24) is 16.0 Å². The molecule has 4 unspecified atom stereocenters. The van der Waals surface area contributed by atoms with Gasteiger partial charge in [-0.2, -0.15) is 0 Å². The maximum atomic E-state index is 13.5. The van der Waals surface area contributed by atoms with E-state index in [-0.39, 0.29) is 25.0 Å². The van der Waals surface area contributed by atoms with Gasteiger partial charge in [0, 0.05) is 12.8 Å². The lowest BCUT2D eigenvalue weighted by Crippen LogP contribution is -2.57. The maximum absolute atomic E-state index is 13.5. The molecule has 0 aliphatic heterocycles. The van der Waals surface area contributed by atoms with E-state index in [1.54, 1.807) is 42.5 Å². The number of hydrogen-bond donors (Lipinski definition) is 8. The number of carboxylic acids is 1. The van der Waals surface area contributed by atoms with Gasteiger partial charge in [-0.05, 0) is 68.5 Å². The molecule has 0 aliphatic carbocycles. The average Bonchev–Trinajstić information content (AvgIpc) is 2.97. The number of carbonyl (C=O) groups is 4. The van der Waals surface area contributed by atoms with Crippen LogP contribution in [0, 0.1) is 0 Å². The molecule has 42 heavy (non-hydrogen) atoms. The number of carbonyl (C=O) groups excluding carboxylic acids is 3. The molecular weight excluding hydrogens is 540 g/mol. The highest BCUT2D eigenvalue weighted by molar-refractivity contribution is 5.94. The monoisotopic (exact) mass is 584 g/mol. The molecule has 11 N–H and O–H groups in total. The first-order valence-corrected chi connectivity index (χ1v) is 14.3. The molecule has 12 heteroatoms. The Bertz CT molecular complexity index is 1130. The van der Waals surface area contributed by atoms with Gasteiger partial charge in [0.05, 0.1) is 6.04 Å². The number of nitrogens with two attached hydrogens (primary N) is 3. The first kappa shape index (κ1) is 34.2. The number of phenolic OH excluding ortho intramolecular Hbond substituents is 1. The summed E-state index contributed by atoms with van der Waals surface area (Å²) < 4.78 is 0. The smallest absolute Gasteiger partial charge is 0.326 e. The molecule has 3 amide bonds. The van der Waals surface area contributed by atoms with Crippen LogP contribution in [0.3, 0.4) is 0 Å². The summed E-state index contributed by atoms with van der Waals surface area (Å²) in [5.41, 5.74) is 18.6. The van der Waals surface area contributed by atoms with E-state index in [4.69, 9.17) is 17.2 Å². The highest BCUT2D eigenvalue weighted by Gasteiger charge is 2.30. The van der Waals surface area contributed by atoms with Crippen LogP contribution in [0.25, 0.3) is 0 Å². The van der Waals surface area contributed by atoms with Crippen molar-refractivity contribution in [2.24, 2.45) is 17.2 Å². The quantitative estimate of drug-likeness (QED) is 0.106. The molecule has 0 bridgehead atoms. The lowest BCUT2D eigenvalue weighted by molar-refractivity contribution is -0.142. The van der Waals surface area contributed by atoms with Crippen molar-refractivity contribution in [3.63, 3.8) is 0 Å². The molecule has 0 saturated heterocycles. The Labute approximate surface area is 246 Å². The fraction of sp³-hybridized carbons (Fsp3) is 0.467. The number of amides is 3. The summed E-state index contributed by atoms with van der Waals surface area (Å²) in [5.74, 6) is -2.97. The zero-order valence-electron chi connectivity index (χ0n) is 23.8. The Kier molecular flexibility index (Phi) is 15.0. The number of unbranched alkanes of at least 4 members (excludes halogenated alkanes) is 2. The van der Waals surface area contributed by atoms with Crippen molar-refractivity contribution < 1.29 is 29.4 Å². The highest BCUT2D eigenvalue weighted by atomic mass is 16.4. The number of rotatable bonds is 19. The molecule has 0 saturated carbocycles. The first-order valence-electron chi connectivity index (χ1n) is 14.3. The van der Waals surface area contributed by atoms with Gasteiger partial charge in [0.25, 0.3) is 0 Å². The lowest BCUT2D eigenvalue weighted by Gasteiger charge is -2.25. The van der Waals surface area contributed by atoms with Gasteiger partial charge in [-0.3, -0.25) is 14.4 Å². The number of carboxylic acid groups (broad SMARTS) is 1. The summed E-state index contributed by atoms with van der Waals surface area (Å²) in [6.07, 6.45) is 3.19. The van der Waals surface area contributed by atoms with Gasteiger partial charge in [-0.15, -0.1) is 0 Å². The van der Waals surface area contributed by atoms with Gasteiger partial charge in [-0.25, -0.2) is 4.79 Å². The standard InChI is InChI=1S/C30H44N6O6/c31-16-6-4-10-23(33)27(38)35-25(18-21-12-14-22(37)15-13-21)29(40)34-24(11-5-7-17-32)28(39)36-26(30(41)42)19-20-8-2-1-3-9-20/h1-3,8-9,12-15,23-26,37H,4-7,10-11,16-19,31-33H2,(H,34,40)(H,35,38)(H,36,39)(H,41,42). The fourth-order valence-electron chi connectivity index (χ4n) is 4.35. The minimum absolute atomic E-state index is 0.0471. The van der Waals surface area contributed by atoms with Crippen LogP contribution >= 0.6 is 0 Å². The third-order valence-electron chi connectivity index (χ3n) is 6.79. The molecule has 230 valence electrons. The summed E-state index contributed by atoms with van der Waals surface area (Å²) >= 11 is 0. The first-order chi connectivity index (χ1) is 20.1. The Morgan fingerprint density at radius 2 is 1.14 bits per heavy atom. The SMILES string of the molecule is NCCCCC(N)C(=O)NC(Cc1ccc(O)cc1)C(=O)NC(CCCCN)C(=O)NC(Cc1ccccc1)C(=O)O. The van der Waals surface area contributed by atoms with E-state index in [0.29, 0.717) is 50.8 Å². The van der Waals surface area contributed by atoms with E-state index in [1.165, 1.54) is 12.1 Å². The van der Waals surface area contributed by atoms with Gasteiger partial charge in [0.1, 0.15) is 23.9 Å². The van der Waals surface area contributed by atoms with Gasteiger partial charge in [0.2, 0.25) is 17.7 Å². The van der Waals surface area contributed by atoms with Gasteiger partial charge in [-0.1, -0.05) is 48.9 Å². The molecule has 2 aromatic carbocycles. The van der Waals surface area contributed by atoms with Crippen molar-refractivity contribution in [1.29, 1.82) is 0 Å². The zero-order valence-corrected chi connectivity index (χ0v) is 23.8. The third-order valence-corrected chi connectivity index (χ3v) is 6.79. The van der Waals surface area contributed by atoms with Crippen LogP contribution in [-0.4, -0.2) is 71.2 Å². The number of phenols is 1. The molecule has 0 spiro atoms. The number of aromatic hydroxyl groups is 1. The molecule has 12 nitrogen and oxygen atoms in total. The number of nitrogens with one attached hydrogen (secondary N) is 3. The van der Waals surface area contributed by atoms with Crippen LogP contribution < -0.4 is 33.2 Å². The summed E-state index contributed by atoms with van der Waals surface area (Å²) in [6, 6.07) is 10.8. The molecule has 0 fully saturated rings. The highest BCUT2D eigenvalue weighted by Crippen LogP contribution is 2.13. The van der Waals surface area contributed by atoms with Crippen LogP contribution in [0.5, 0.6) is 5.75 Å². The second-order valence-corrected chi connectivity index (χ2v) is 10.3. The summed E-state index contributed by atoms with van der Waals surface area (Å²) in [5, 5.41) is 27.3. The van der Waals surface area contributed by atoms with Crippen LogP contribution in [0.4, 0.5) is 0 Å². The third kappa shape index (κ3) is 12.2. The van der Waals surface area contributed by atoms with E-state index in [1.807, 2.05) is 0 Å². The van der Waals surface area contributed by atoms with Gasteiger partial charge < -0.3 is 43.4 Å². The fourth-order valence-corrected chi connectivity index (χ4v) is 4.35. The van der Waals surface area contributed by atoms with Gasteiger partial charge >= 0.3 is 5.97 Å². The van der Waals surface area contributed by atoms with E-state index < -0.39 is 47.9 Å². The van der Waals surface area contributed by atoms with Crippen molar-refractivity contribution in [3.8, 4) is 5.75 Å². The molecule has 4 atom stereocenters. The molecular formula is C30H44N6O6. The summed E-state index contributed by atoms with van der Waals surface area (Å²) in [4.78, 5) is 51.7. The number of aliphatic carboxylic acids is 1. The number of hydrogen-bond acceptors (Lipinski definition) is 8. The average molecular weight is 585 g/mol. The molecule has 0 aromatic heterocycles. The largest absolute Gasteiger partial charge is 0.508 e. The topological polar surface area (TPSA) is 223 Å². The van der Waals surface area contributed by atoms with Gasteiger partial charge in [0.15, 0.2) is 0 Å².